The predicted molar refractivity (Wildman–Crippen MR) is 64.3 cm³/mol. The van der Waals surface area contributed by atoms with Crippen LogP contribution in [0.2, 0.25) is 0 Å². The molecule has 0 radical (unpaired) electrons. The van der Waals surface area contributed by atoms with Crippen molar-refractivity contribution >= 4 is 11.9 Å². The highest BCUT2D eigenvalue weighted by Gasteiger charge is 2.30. The molecular formula is C12H22N2O3. The maximum absolute atomic E-state index is 12.1. The molecule has 5 nitrogen and oxygen atoms in total. The van der Waals surface area contributed by atoms with Crippen LogP contribution < -0.4 is 5.73 Å². The van der Waals surface area contributed by atoms with Crippen LogP contribution in [0.4, 0.5) is 0 Å². The van der Waals surface area contributed by atoms with Crippen LogP contribution in [0.5, 0.6) is 0 Å². The van der Waals surface area contributed by atoms with Crippen molar-refractivity contribution in [1.29, 1.82) is 0 Å². The molecule has 0 aromatic rings. The number of hydrogen-bond acceptors (Lipinski definition) is 4. The van der Waals surface area contributed by atoms with E-state index in [1.54, 1.807) is 4.90 Å². The van der Waals surface area contributed by atoms with Crippen LogP contribution in [-0.4, -0.2) is 42.5 Å². The number of carbonyl (C=O) groups is 2. The van der Waals surface area contributed by atoms with E-state index < -0.39 is 6.04 Å². The lowest BCUT2D eigenvalue weighted by atomic mass is 9.98. The number of likely N-dealkylation sites (tertiary alicyclic amines) is 1. The van der Waals surface area contributed by atoms with Gasteiger partial charge in [0.05, 0.1) is 19.6 Å². The lowest BCUT2D eigenvalue weighted by molar-refractivity contribution is -0.145. The summed E-state index contributed by atoms with van der Waals surface area (Å²) in [6.45, 7) is 2.59. The van der Waals surface area contributed by atoms with E-state index in [0.717, 1.165) is 19.3 Å². The molecule has 1 amide bonds. The van der Waals surface area contributed by atoms with Gasteiger partial charge in [0.15, 0.2) is 0 Å². The van der Waals surface area contributed by atoms with Crippen molar-refractivity contribution < 1.29 is 14.3 Å². The molecule has 0 aromatic heterocycles. The summed E-state index contributed by atoms with van der Waals surface area (Å²) in [4.78, 5) is 25.1. The molecule has 0 aromatic carbocycles. The number of piperidine rings is 1. The summed E-state index contributed by atoms with van der Waals surface area (Å²) < 4.78 is 4.66. The van der Waals surface area contributed by atoms with Crippen molar-refractivity contribution in [2.45, 2.75) is 51.1 Å². The quantitative estimate of drug-likeness (QED) is 0.735. The number of ether oxygens (including phenoxy) is 1. The first-order valence-corrected chi connectivity index (χ1v) is 6.23. The van der Waals surface area contributed by atoms with Gasteiger partial charge in [0.25, 0.3) is 0 Å². The van der Waals surface area contributed by atoms with E-state index in [-0.39, 0.29) is 24.3 Å². The summed E-state index contributed by atoms with van der Waals surface area (Å²) in [5.41, 5.74) is 5.77. The van der Waals surface area contributed by atoms with Crippen molar-refractivity contribution in [1.82, 2.24) is 4.90 Å². The number of nitrogens with zero attached hydrogens (tertiary/aromatic N) is 1. The van der Waals surface area contributed by atoms with Gasteiger partial charge in [-0.1, -0.05) is 6.92 Å². The monoisotopic (exact) mass is 242 g/mol. The lowest BCUT2D eigenvalue weighted by Crippen LogP contribution is -2.51. The van der Waals surface area contributed by atoms with Crippen LogP contribution in [0, 0.1) is 0 Å². The molecule has 0 bridgehead atoms. The SMILES string of the molecule is CC[C@@H](N)C(=O)N1CCCCC1CC(=O)OC. The van der Waals surface area contributed by atoms with Gasteiger partial charge in [0.2, 0.25) is 5.91 Å². The Hall–Kier alpha value is -1.10. The minimum Gasteiger partial charge on any atom is -0.469 e. The Bertz CT molecular complexity index is 281. The minimum absolute atomic E-state index is 0.0405. The Morgan fingerprint density at radius 2 is 2.18 bits per heavy atom. The van der Waals surface area contributed by atoms with Crippen LogP contribution in [0.1, 0.15) is 39.0 Å². The molecule has 1 rings (SSSR count). The molecule has 5 heteroatoms. The Morgan fingerprint density at radius 1 is 1.47 bits per heavy atom. The van der Waals surface area contributed by atoms with Crippen molar-refractivity contribution in [3.8, 4) is 0 Å². The first kappa shape index (κ1) is 14.0. The number of methoxy groups -OCH3 is 1. The molecule has 2 atom stereocenters. The molecule has 2 N–H and O–H groups in total. The van der Waals surface area contributed by atoms with Crippen LogP contribution in [-0.2, 0) is 14.3 Å². The van der Waals surface area contributed by atoms with Crippen LogP contribution in [0.3, 0.4) is 0 Å². The standard InChI is InChI=1S/C12H22N2O3/c1-3-10(13)12(16)14-7-5-4-6-9(14)8-11(15)17-2/h9-10H,3-8,13H2,1-2H3/t9?,10-/m1/s1. The highest BCUT2D eigenvalue weighted by Crippen LogP contribution is 2.21. The summed E-state index contributed by atoms with van der Waals surface area (Å²) in [5, 5.41) is 0. The third-order valence-corrected chi connectivity index (χ3v) is 3.30. The summed E-state index contributed by atoms with van der Waals surface area (Å²) in [7, 11) is 1.37. The zero-order valence-corrected chi connectivity index (χ0v) is 10.6. The third kappa shape index (κ3) is 3.70. The first-order valence-electron chi connectivity index (χ1n) is 6.23. The largest absolute Gasteiger partial charge is 0.469 e. The average Bonchev–Trinajstić information content (AvgIpc) is 2.37. The molecular weight excluding hydrogens is 220 g/mol. The molecule has 1 fully saturated rings. The topological polar surface area (TPSA) is 72.6 Å². The number of nitrogens with two attached hydrogens (primary N) is 1. The van der Waals surface area contributed by atoms with Gasteiger partial charge in [-0.15, -0.1) is 0 Å². The van der Waals surface area contributed by atoms with Crippen molar-refractivity contribution in [2.75, 3.05) is 13.7 Å². The number of hydrogen-bond donors (Lipinski definition) is 1. The molecule has 1 unspecified atom stereocenters. The number of rotatable bonds is 4. The average molecular weight is 242 g/mol. The maximum atomic E-state index is 12.1. The smallest absolute Gasteiger partial charge is 0.307 e. The first-order chi connectivity index (χ1) is 8.10. The molecule has 0 spiro atoms. The second-order valence-electron chi connectivity index (χ2n) is 4.48. The van der Waals surface area contributed by atoms with Gasteiger partial charge in [-0.05, 0) is 25.7 Å². The van der Waals surface area contributed by atoms with E-state index >= 15 is 0 Å². The van der Waals surface area contributed by atoms with E-state index in [4.69, 9.17) is 5.73 Å². The maximum Gasteiger partial charge on any atom is 0.307 e. The number of amides is 1. The van der Waals surface area contributed by atoms with Crippen LogP contribution in [0.15, 0.2) is 0 Å². The molecule has 1 aliphatic heterocycles. The van der Waals surface area contributed by atoms with Gasteiger partial charge in [0, 0.05) is 12.6 Å². The van der Waals surface area contributed by atoms with E-state index in [9.17, 15) is 9.59 Å². The minimum atomic E-state index is -0.451. The van der Waals surface area contributed by atoms with Gasteiger partial charge >= 0.3 is 5.97 Å². The predicted octanol–water partition coefficient (Wildman–Crippen LogP) is 0.668. The highest BCUT2D eigenvalue weighted by molar-refractivity contribution is 5.82. The number of carbonyl (C=O) groups excluding carboxylic acids is 2. The van der Waals surface area contributed by atoms with Gasteiger partial charge in [-0.2, -0.15) is 0 Å². The summed E-state index contributed by atoms with van der Waals surface area (Å²) in [5.74, 6) is -0.305. The van der Waals surface area contributed by atoms with E-state index in [1.807, 2.05) is 6.92 Å². The molecule has 17 heavy (non-hydrogen) atoms. The molecule has 0 aliphatic carbocycles. The van der Waals surface area contributed by atoms with Crippen LogP contribution in [0.25, 0.3) is 0 Å². The van der Waals surface area contributed by atoms with Gasteiger partial charge in [0.1, 0.15) is 0 Å². The molecule has 1 aliphatic rings. The normalized spacial score (nSPS) is 22.1. The van der Waals surface area contributed by atoms with Gasteiger partial charge in [-0.3, -0.25) is 9.59 Å². The third-order valence-electron chi connectivity index (χ3n) is 3.30. The Balaban J connectivity index is 2.65. The fraction of sp³-hybridized carbons (Fsp3) is 0.833. The van der Waals surface area contributed by atoms with Crippen LogP contribution >= 0.6 is 0 Å². The van der Waals surface area contributed by atoms with Crippen molar-refractivity contribution in [3.05, 3.63) is 0 Å². The zero-order chi connectivity index (χ0) is 12.8. The Morgan fingerprint density at radius 3 is 2.76 bits per heavy atom. The van der Waals surface area contributed by atoms with Crippen molar-refractivity contribution in [2.24, 2.45) is 5.73 Å². The fourth-order valence-corrected chi connectivity index (χ4v) is 2.17. The van der Waals surface area contributed by atoms with Gasteiger partial charge < -0.3 is 15.4 Å². The number of esters is 1. The summed E-state index contributed by atoms with van der Waals surface area (Å²) >= 11 is 0. The lowest BCUT2D eigenvalue weighted by Gasteiger charge is -2.36. The second-order valence-corrected chi connectivity index (χ2v) is 4.48. The second kappa shape index (κ2) is 6.59. The summed E-state index contributed by atoms with van der Waals surface area (Å²) in [6.07, 6.45) is 3.79. The van der Waals surface area contributed by atoms with E-state index in [1.165, 1.54) is 7.11 Å². The molecule has 1 saturated heterocycles. The Labute approximate surface area is 102 Å². The van der Waals surface area contributed by atoms with E-state index in [2.05, 4.69) is 4.74 Å². The summed E-state index contributed by atoms with van der Waals surface area (Å²) in [6, 6.07) is -0.491. The highest BCUT2D eigenvalue weighted by atomic mass is 16.5. The van der Waals surface area contributed by atoms with Gasteiger partial charge in [-0.25, -0.2) is 0 Å². The molecule has 1 heterocycles. The fourth-order valence-electron chi connectivity index (χ4n) is 2.17. The Kier molecular flexibility index (Phi) is 5.41. The van der Waals surface area contributed by atoms with E-state index in [0.29, 0.717) is 13.0 Å². The van der Waals surface area contributed by atoms with Crippen molar-refractivity contribution in [3.63, 3.8) is 0 Å². The molecule has 0 saturated carbocycles. The zero-order valence-electron chi connectivity index (χ0n) is 10.6. The molecule has 98 valence electrons.